The highest BCUT2D eigenvalue weighted by atomic mass is 35.5. The van der Waals surface area contributed by atoms with Crippen molar-refractivity contribution in [2.24, 2.45) is 0 Å². The molecule has 0 spiro atoms. The number of nitrogens with one attached hydrogen (secondary N) is 1. The predicted molar refractivity (Wildman–Crippen MR) is 117 cm³/mol. The van der Waals surface area contributed by atoms with E-state index in [0.717, 1.165) is 17.7 Å². The fourth-order valence-corrected chi connectivity index (χ4v) is 3.88. The van der Waals surface area contributed by atoms with Crippen LogP contribution in [0.25, 0.3) is 5.69 Å². The number of hydrogen-bond acceptors (Lipinski definition) is 4. The Morgan fingerprint density at radius 3 is 2.53 bits per heavy atom. The van der Waals surface area contributed by atoms with Crippen molar-refractivity contribution >= 4 is 29.1 Å². The molecule has 1 saturated heterocycles. The number of nitrogens with zero attached hydrogens (tertiary/aromatic N) is 4. The second-order valence-corrected chi connectivity index (χ2v) is 7.87. The van der Waals surface area contributed by atoms with Crippen molar-refractivity contribution in [3.8, 4) is 5.69 Å². The number of halogens is 4. The van der Waals surface area contributed by atoms with Crippen LogP contribution in [0.4, 0.5) is 24.8 Å². The lowest BCUT2D eigenvalue weighted by Gasteiger charge is -2.35. The van der Waals surface area contributed by atoms with E-state index < -0.39 is 17.6 Å². The molecule has 1 N–H and O–H groups in total. The van der Waals surface area contributed by atoms with Crippen LogP contribution in [0.5, 0.6) is 0 Å². The van der Waals surface area contributed by atoms with E-state index in [0.29, 0.717) is 31.2 Å². The van der Waals surface area contributed by atoms with Crippen LogP contribution >= 0.6 is 11.6 Å². The van der Waals surface area contributed by atoms with Crippen LogP contribution in [-0.4, -0.2) is 53.1 Å². The molecule has 0 bridgehead atoms. The Hall–Kier alpha value is -3.04. The summed E-state index contributed by atoms with van der Waals surface area (Å²) in [5, 5.41) is 3.03. The number of aromatic nitrogens is 2. The Morgan fingerprint density at radius 2 is 1.81 bits per heavy atom. The summed E-state index contributed by atoms with van der Waals surface area (Å²) in [5.41, 5.74) is -0.187. The van der Waals surface area contributed by atoms with E-state index in [1.165, 1.54) is 18.2 Å². The van der Waals surface area contributed by atoms with Crippen molar-refractivity contribution in [1.29, 1.82) is 0 Å². The second kappa shape index (κ2) is 9.22. The molecule has 1 aromatic heterocycles. The van der Waals surface area contributed by atoms with Gasteiger partial charge in [-0.2, -0.15) is 13.2 Å². The van der Waals surface area contributed by atoms with Gasteiger partial charge in [0, 0.05) is 49.3 Å². The van der Waals surface area contributed by atoms with Crippen molar-refractivity contribution in [2.75, 3.05) is 42.9 Å². The highest BCUT2D eigenvalue weighted by Gasteiger charge is 2.33. The van der Waals surface area contributed by atoms with Crippen LogP contribution in [-0.2, 0) is 11.0 Å². The van der Waals surface area contributed by atoms with Gasteiger partial charge in [-0.25, -0.2) is 4.98 Å². The summed E-state index contributed by atoms with van der Waals surface area (Å²) < 4.78 is 41.3. The second-order valence-electron chi connectivity index (χ2n) is 7.43. The molecule has 1 amide bonds. The lowest BCUT2D eigenvalue weighted by atomic mass is 10.1. The molecule has 2 heterocycles. The first-order valence-corrected chi connectivity index (χ1v) is 10.4. The normalized spacial score (nSPS) is 15.1. The number of rotatable bonds is 5. The molecule has 1 fully saturated rings. The van der Waals surface area contributed by atoms with E-state index >= 15 is 0 Å². The van der Waals surface area contributed by atoms with Crippen molar-refractivity contribution < 1.29 is 18.0 Å². The summed E-state index contributed by atoms with van der Waals surface area (Å²) in [6.07, 6.45) is -0.951. The van der Waals surface area contributed by atoms with Gasteiger partial charge in [-0.05, 0) is 30.3 Å². The van der Waals surface area contributed by atoms with Crippen LogP contribution in [0.1, 0.15) is 5.56 Å². The Balaban J connectivity index is 1.36. The molecule has 0 atom stereocenters. The molecular weight excluding hydrogens is 443 g/mol. The molecular formula is C22H21ClF3N5O. The third kappa shape index (κ3) is 5.05. The Bertz CT molecular complexity index is 1090. The number of imidazole rings is 1. The first-order chi connectivity index (χ1) is 15.3. The van der Waals surface area contributed by atoms with Crippen molar-refractivity contribution in [3.63, 3.8) is 0 Å². The first-order valence-electron chi connectivity index (χ1n) is 10.0. The van der Waals surface area contributed by atoms with Crippen LogP contribution in [0.15, 0.2) is 60.9 Å². The summed E-state index contributed by atoms with van der Waals surface area (Å²) in [5.74, 6) is 0.297. The molecule has 2 aromatic carbocycles. The molecule has 3 aromatic rings. The van der Waals surface area contributed by atoms with E-state index in [1.54, 1.807) is 12.3 Å². The van der Waals surface area contributed by atoms with Gasteiger partial charge in [0.2, 0.25) is 11.9 Å². The van der Waals surface area contributed by atoms with Crippen molar-refractivity contribution in [1.82, 2.24) is 14.5 Å². The molecule has 32 heavy (non-hydrogen) atoms. The maximum absolute atomic E-state index is 13.1. The molecule has 0 unspecified atom stereocenters. The van der Waals surface area contributed by atoms with Gasteiger partial charge < -0.3 is 10.2 Å². The third-order valence-electron chi connectivity index (χ3n) is 5.24. The molecule has 0 aliphatic carbocycles. The number of carbonyl (C=O) groups is 1. The van der Waals surface area contributed by atoms with Gasteiger partial charge in [-0.3, -0.25) is 14.3 Å². The molecule has 1 aliphatic rings. The average molecular weight is 464 g/mol. The number of anilines is 2. The lowest BCUT2D eigenvalue weighted by molar-refractivity contribution is -0.137. The molecule has 10 heteroatoms. The van der Waals surface area contributed by atoms with E-state index in [2.05, 4.69) is 15.2 Å². The monoisotopic (exact) mass is 463 g/mol. The summed E-state index contributed by atoms with van der Waals surface area (Å²) in [4.78, 5) is 20.9. The fourth-order valence-electron chi connectivity index (χ4n) is 3.70. The maximum atomic E-state index is 13.1. The minimum Gasteiger partial charge on any atom is -0.339 e. The number of hydrogen-bond donors (Lipinski definition) is 1. The predicted octanol–water partition coefficient (Wildman–Crippen LogP) is 4.31. The van der Waals surface area contributed by atoms with Gasteiger partial charge in [0.05, 0.1) is 17.8 Å². The Kier molecular flexibility index (Phi) is 6.38. The van der Waals surface area contributed by atoms with Gasteiger partial charge in [-0.1, -0.05) is 29.8 Å². The number of benzene rings is 2. The largest absolute Gasteiger partial charge is 0.418 e. The lowest BCUT2D eigenvalue weighted by Crippen LogP contribution is -2.49. The molecule has 0 saturated carbocycles. The van der Waals surface area contributed by atoms with Gasteiger partial charge in [0.1, 0.15) is 0 Å². The Labute approximate surface area is 188 Å². The molecule has 4 rings (SSSR count). The number of para-hydroxylation sites is 1. The van der Waals surface area contributed by atoms with Gasteiger partial charge >= 0.3 is 6.18 Å². The first kappa shape index (κ1) is 22.2. The SMILES string of the molecule is O=C(CN1CCN(c2nccn2-c2cccc(Cl)c2)CC1)Nc1ccccc1C(F)(F)F. The van der Waals surface area contributed by atoms with E-state index in [9.17, 15) is 18.0 Å². The number of amides is 1. The third-order valence-corrected chi connectivity index (χ3v) is 5.47. The van der Waals surface area contributed by atoms with E-state index in [-0.39, 0.29) is 12.2 Å². The molecule has 1 aliphatic heterocycles. The summed E-state index contributed by atoms with van der Waals surface area (Å²) in [6.45, 7) is 2.43. The standard InChI is InChI=1S/C22H21ClF3N5O/c23-16-4-3-5-17(14-16)31-9-8-27-21(31)30-12-10-29(11-13-30)15-20(32)28-19-7-2-1-6-18(19)22(24,25)26/h1-9,14H,10-13,15H2,(H,28,32). The number of piperazine rings is 1. The van der Waals surface area contributed by atoms with Crippen molar-refractivity contribution in [2.45, 2.75) is 6.18 Å². The van der Waals surface area contributed by atoms with Crippen LogP contribution in [0.2, 0.25) is 5.02 Å². The topological polar surface area (TPSA) is 53.4 Å². The minimum absolute atomic E-state index is 0.0166. The van der Waals surface area contributed by atoms with Crippen LogP contribution < -0.4 is 10.2 Å². The number of alkyl halides is 3. The summed E-state index contributed by atoms with van der Waals surface area (Å²) in [7, 11) is 0. The zero-order valence-corrected chi connectivity index (χ0v) is 17.8. The van der Waals surface area contributed by atoms with Crippen LogP contribution in [0.3, 0.4) is 0 Å². The minimum atomic E-state index is -4.53. The van der Waals surface area contributed by atoms with Crippen molar-refractivity contribution in [3.05, 3.63) is 71.5 Å². The fraction of sp³-hybridized carbons (Fsp3) is 0.273. The summed E-state index contributed by atoms with van der Waals surface area (Å²) >= 11 is 6.11. The van der Waals surface area contributed by atoms with Crippen LogP contribution in [0, 0.1) is 0 Å². The zero-order valence-electron chi connectivity index (χ0n) is 17.0. The smallest absolute Gasteiger partial charge is 0.339 e. The van der Waals surface area contributed by atoms with Gasteiger partial charge in [0.15, 0.2) is 0 Å². The summed E-state index contributed by atoms with van der Waals surface area (Å²) in [6, 6.07) is 12.4. The highest BCUT2D eigenvalue weighted by molar-refractivity contribution is 6.30. The highest BCUT2D eigenvalue weighted by Crippen LogP contribution is 2.34. The van der Waals surface area contributed by atoms with Gasteiger partial charge in [-0.15, -0.1) is 0 Å². The van der Waals surface area contributed by atoms with Gasteiger partial charge in [0.25, 0.3) is 0 Å². The maximum Gasteiger partial charge on any atom is 0.418 e. The molecule has 6 nitrogen and oxygen atoms in total. The van der Waals surface area contributed by atoms with E-state index in [1.807, 2.05) is 33.9 Å². The number of carbonyl (C=O) groups excluding carboxylic acids is 1. The Morgan fingerprint density at radius 1 is 1.06 bits per heavy atom. The molecule has 168 valence electrons. The molecule has 0 radical (unpaired) electrons. The average Bonchev–Trinajstić information content (AvgIpc) is 3.24. The van der Waals surface area contributed by atoms with E-state index in [4.69, 9.17) is 11.6 Å². The quantitative estimate of drug-likeness (QED) is 0.613. The zero-order chi connectivity index (χ0) is 22.7.